The minimum atomic E-state index is -0.419. The molecule has 0 saturated heterocycles. The molecule has 0 aliphatic heterocycles. The van der Waals surface area contributed by atoms with E-state index in [-0.39, 0.29) is 12.8 Å². The number of ketones is 1. The lowest BCUT2D eigenvalue weighted by molar-refractivity contribution is -0.144. The van der Waals surface area contributed by atoms with E-state index >= 15 is 0 Å². The molecular weight excluding hydrogens is 160 g/mol. The summed E-state index contributed by atoms with van der Waals surface area (Å²) in [6.45, 7) is 2.00. The second kappa shape index (κ2) is 6.24. The summed E-state index contributed by atoms with van der Waals surface area (Å²) in [4.78, 5) is 23.8. The summed E-state index contributed by atoms with van der Waals surface area (Å²) in [6.07, 6.45) is 0.806. The first-order chi connectivity index (χ1) is 5.70. The molecule has 12 heavy (non-hydrogen) atoms. The van der Waals surface area contributed by atoms with Gasteiger partial charge in [-0.1, -0.05) is 0 Å². The van der Waals surface area contributed by atoms with Gasteiger partial charge in [-0.25, -0.2) is 0 Å². The highest BCUT2D eigenvalue weighted by atomic mass is 16.5. The smallest absolute Gasteiger partial charge is 0.323 e. The van der Waals surface area contributed by atoms with Crippen molar-refractivity contribution < 1.29 is 19.1 Å². The van der Waals surface area contributed by atoms with Crippen molar-refractivity contribution in [3.05, 3.63) is 5.53 Å². The van der Waals surface area contributed by atoms with Crippen molar-refractivity contribution in [1.29, 1.82) is 0 Å². The summed E-state index contributed by atoms with van der Waals surface area (Å²) in [5, 5.41) is 0. The van der Waals surface area contributed by atoms with Crippen LogP contribution >= 0.6 is 0 Å². The first-order valence-electron chi connectivity index (χ1n) is 3.56. The summed E-state index contributed by atoms with van der Waals surface area (Å²) in [6, 6.07) is 0. The Morgan fingerprint density at radius 1 is 1.50 bits per heavy atom. The Balaban J connectivity index is 3.61. The van der Waals surface area contributed by atoms with E-state index in [1.807, 2.05) is 0 Å². The van der Waals surface area contributed by atoms with E-state index in [4.69, 9.17) is 5.53 Å². The SMILES string of the molecule is CCOC(=O)CCC(=O)C=[N+]=[N-]. The van der Waals surface area contributed by atoms with Gasteiger partial charge in [0.2, 0.25) is 5.78 Å². The second-order valence-corrected chi connectivity index (χ2v) is 2.02. The maximum Gasteiger partial charge on any atom is 0.323 e. The van der Waals surface area contributed by atoms with Gasteiger partial charge in [-0.05, 0) is 6.92 Å². The lowest BCUT2D eigenvalue weighted by Gasteiger charge is -1.97. The number of hydrogen-bond donors (Lipinski definition) is 0. The molecule has 0 fully saturated rings. The summed E-state index contributed by atoms with van der Waals surface area (Å²) in [7, 11) is 0. The Hall–Kier alpha value is -1.48. The van der Waals surface area contributed by atoms with Crippen LogP contribution in [0.2, 0.25) is 0 Å². The molecule has 0 aromatic rings. The fraction of sp³-hybridized carbons (Fsp3) is 0.571. The van der Waals surface area contributed by atoms with Crippen molar-refractivity contribution in [3.63, 3.8) is 0 Å². The summed E-state index contributed by atoms with van der Waals surface area (Å²) in [5.74, 6) is -0.817. The number of nitrogens with zero attached hydrogens (tertiary/aromatic N) is 2. The molecule has 0 amide bonds. The second-order valence-electron chi connectivity index (χ2n) is 2.02. The van der Waals surface area contributed by atoms with Gasteiger partial charge >= 0.3 is 12.2 Å². The molecule has 0 aromatic heterocycles. The number of hydrogen-bond acceptors (Lipinski definition) is 3. The van der Waals surface area contributed by atoms with Crippen molar-refractivity contribution >= 4 is 18.0 Å². The van der Waals surface area contributed by atoms with E-state index in [2.05, 4.69) is 9.53 Å². The first-order valence-corrected chi connectivity index (χ1v) is 3.56. The predicted octanol–water partition coefficient (Wildman–Crippen LogP) is 0.199. The maximum atomic E-state index is 10.7. The van der Waals surface area contributed by atoms with Gasteiger partial charge in [0.1, 0.15) is 0 Å². The van der Waals surface area contributed by atoms with E-state index in [1.165, 1.54) is 0 Å². The van der Waals surface area contributed by atoms with Gasteiger partial charge in [-0.3, -0.25) is 9.59 Å². The van der Waals surface area contributed by atoms with Gasteiger partial charge in [0.15, 0.2) is 0 Å². The average Bonchev–Trinajstić information content (AvgIpc) is 2.02. The van der Waals surface area contributed by atoms with Crippen molar-refractivity contribution in [2.75, 3.05) is 6.61 Å². The largest absolute Gasteiger partial charge is 0.466 e. The normalized spacial score (nSPS) is 8.42. The molecule has 0 atom stereocenters. The number of Topliss-reactive ketones (excluding diaryl/α,β-unsaturated/α-hetero) is 1. The molecule has 5 heteroatoms. The van der Waals surface area contributed by atoms with Gasteiger partial charge in [0.25, 0.3) is 0 Å². The van der Waals surface area contributed by atoms with Crippen molar-refractivity contribution in [1.82, 2.24) is 0 Å². The Labute approximate surface area is 69.9 Å². The van der Waals surface area contributed by atoms with Crippen molar-refractivity contribution in [2.45, 2.75) is 19.8 Å². The van der Waals surface area contributed by atoms with E-state index in [0.717, 1.165) is 6.21 Å². The molecule has 0 bridgehead atoms. The lowest BCUT2D eigenvalue weighted by atomic mass is 10.2. The standard InChI is InChI=1S/C7H10N2O3/c1-2-12-7(11)4-3-6(10)5-9-8/h5H,2-4H2,1H3. The van der Waals surface area contributed by atoms with Crippen LogP contribution in [0.15, 0.2) is 0 Å². The van der Waals surface area contributed by atoms with Gasteiger partial charge in [0, 0.05) is 6.42 Å². The van der Waals surface area contributed by atoms with Crippen LogP contribution in [-0.2, 0) is 14.3 Å². The molecule has 5 nitrogen and oxygen atoms in total. The maximum absolute atomic E-state index is 10.7. The molecule has 0 unspecified atom stereocenters. The minimum absolute atomic E-state index is 0.0168. The quantitative estimate of drug-likeness (QED) is 0.256. The third-order valence-electron chi connectivity index (χ3n) is 1.08. The number of carbonyl (C=O) groups excluding carboxylic acids is 2. The zero-order valence-corrected chi connectivity index (χ0v) is 6.82. The van der Waals surface area contributed by atoms with Crippen LogP contribution in [0.3, 0.4) is 0 Å². The van der Waals surface area contributed by atoms with Crippen LogP contribution in [-0.4, -0.2) is 29.4 Å². The Morgan fingerprint density at radius 2 is 2.17 bits per heavy atom. The van der Waals surface area contributed by atoms with Crippen LogP contribution in [0.4, 0.5) is 0 Å². The molecule has 0 spiro atoms. The van der Waals surface area contributed by atoms with Crippen LogP contribution in [0.25, 0.3) is 5.53 Å². The topological polar surface area (TPSA) is 79.8 Å². The average molecular weight is 170 g/mol. The minimum Gasteiger partial charge on any atom is -0.466 e. The summed E-state index contributed by atoms with van der Waals surface area (Å²) < 4.78 is 4.57. The molecule has 0 aliphatic carbocycles. The first kappa shape index (κ1) is 10.5. The van der Waals surface area contributed by atoms with E-state index in [0.29, 0.717) is 6.61 Å². The molecule has 0 radical (unpaired) electrons. The van der Waals surface area contributed by atoms with Crippen LogP contribution in [0.5, 0.6) is 0 Å². The highest BCUT2D eigenvalue weighted by Crippen LogP contribution is 1.92. The number of carbonyl (C=O) groups is 2. The summed E-state index contributed by atoms with van der Waals surface area (Å²) in [5.41, 5.74) is 7.94. The number of esters is 1. The van der Waals surface area contributed by atoms with Crippen LogP contribution < -0.4 is 0 Å². The number of rotatable bonds is 5. The summed E-state index contributed by atoms with van der Waals surface area (Å²) >= 11 is 0. The molecule has 0 aliphatic rings. The van der Waals surface area contributed by atoms with Crippen LogP contribution in [0, 0.1) is 0 Å². The molecule has 0 heterocycles. The van der Waals surface area contributed by atoms with Gasteiger partial charge in [0.05, 0.1) is 13.0 Å². The molecule has 66 valence electrons. The Kier molecular flexibility index (Phi) is 5.47. The third kappa shape index (κ3) is 5.32. The highest BCUT2D eigenvalue weighted by molar-refractivity contribution is 6.25. The molecule has 0 rings (SSSR count). The van der Waals surface area contributed by atoms with E-state index in [9.17, 15) is 9.59 Å². The predicted molar refractivity (Wildman–Crippen MR) is 40.6 cm³/mol. The van der Waals surface area contributed by atoms with E-state index in [1.54, 1.807) is 6.92 Å². The zero-order valence-electron chi connectivity index (χ0n) is 6.82. The van der Waals surface area contributed by atoms with E-state index < -0.39 is 11.8 Å². The molecule has 0 aromatic carbocycles. The Bertz CT molecular complexity index is 219. The highest BCUT2D eigenvalue weighted by Gasteiger charge is 2.07. The Morgan fingerprint density at radius 3 is 2.67 bits per heavy atom. The lowest BCUT2D eigenvalue weighted by Crippen LogP contribution is -2.08. The third-order valence-corrected chi connectivity index (χ3v) is 1.08. The zero-order chi connectivity index (χ0) is 9.40. The monoisotopic (exact) mass is 170 g/mol. The molecule has 0 N–H and O–H groups in total. The number of ether oxygens (including phenoxy) is 1. The van der Waals surface area contributed by atoms with Gasteiger partial charge in [-0.2, -0.15) is 4.79 Å². The fourth-order valence-electron chi connectivity index (χ4n) is 0.587. The fourth-order valence-corrected chi connectivity index (χ4v) is 0.587. The van der Waals surface area contributed by atoms with Crippen LogP contribution in [0.1, 0.15) is 19.8 Å². The van der Waals surface area contributed by atoms with Crippen molar-refractivity contribution in [3.8, 4) is 0 Å². The molecular formula is C7H10N2O3. The van der Waals surface area contributed by atoms with Gasteiger partial charge in [-0.15, -0.1) is 0 Å². The van der Waals surface area contributed by atoms with Crippen molar-refractivity contribution in [2.24, 2.45) is 0 Å². The van der Waals surface area contributed by atoms with Gasteiger partial charge < -0.3 is 10.3 Å². The molecule has 0 saturated carbocycles.